The number of carbonyl (C=O) groups is 1. The first kappa shape index (κ1) is 6.28. The van der Waals surface area contributed by atoms with Crippen molar-refractivity contribution in [3.8, 4) is 0 Å². The summed E-state index contributed by atoms with van der Waals surface area (Å²) in [6.45, 7) is 1.48. The van der Waals surface area contributed by atoms with Crippen molar-refractivity contribution >= 4 is 16.9 Å². The van der Waals surface area contributed by atoms with Gasteiger partial charge in [-0.25, -0.2) is 4.98 Å². The van der Waals surface area contributed by atoms with E-state index in [1.165, 1.54) is 13.3 Å². The number of nitrogens with one attached hydrogen (secondary N) is 1. The summed E-state index contributed by atoms with van der Waals surface area (Å²) in [5, 5.41) is 6.67. The molecule has 1 aromatic heterocycles. The van der Waals surface area contributed by atoms with Crippen molar-refractivity contribution in [2.45, 2.75) is 12.1 Å². The Morgan fingerprint density at radius 3 is 3.11 bits per heavy atom. The summed E-state index contributed by atoms with van der Waals surface area (Å²) in [4.78, 5) is 14.1. The predicted molar refractivity (Wildman–Crippen MR) is 32.9 cm³/mol. The highest BCUT2D eigenvalue weighted by atomic mass is 32.2. The van der Waals surface area contributed by atoms with Gasteiger partial charge in [0.15, 0.2) is 10.3 Å². The van der Waals surface area contributed by atoms with Gasteiger partial charge in [-0.05, 0) is 11.8 Å². The van der Waals surface area contributed by atoms with Gasteiger partial charge in [0.05, 0.1) is 0 Å². The summed E-state index contributed by atoms with van der Waals surface area (Å²) in [6, 6.07) is 0. The van der Waals surface area contributed by atoms with Crippen molar-refractivity contribution in [3.63, 3.8) is 0 Å². The average molecular weight is 143 g/mol. The van der Waals surface area contributed by atoms with E-state index in [2.05, 4.69) is 15.2 Å². The number of carbonyl (C=O) groups excluding carboxylic acids is 1. The Morgan fingerprint density at radius 1 is 1.89 bits per heavy atom. The van der Waals surface area contributed by atoms with E-state index in [0.717, 1.165) is 11.8 Å². The molecule has 0 bridgehead atoms. The number of rotatable bonds is 1. The molecule has 1 rings (SSSR count). The van der Waals surface area contributed by atoms with Crippen molar-refractivity contribution in [1.29, 1.82) is 0 Å². The van der Waals surface area contributed by atoms with Gasteiger partial charge in [0.1, 0.15) is 6.33 Å². The van der Waals surface area contributed by atoms with Crippen molar-refractivity contribution in [2.24, 2.45) is 0 Å². The lowest BCUT2D eigenvalue weighted by molar-refractivity contribution is -0.109. The number of hydrogen-bond acceptors (Lipinski definition) is 4. The highest BCUT2D eigenvalue weighted by molar-refractivity contribution is 8.13. The molecule has 0 aliphatic rings. The molecule has 0 radical (unpaired) electrons. The van der Waals surface area contributed by atoms with Gasteiger partial charge in [-0.2, -0.15) is 5.10 Å². The minimum atomic E-state index is 0.00625. The molecule has 0 aromatic carbocycles. The molecule has 0 unspecified atom stereocenters. The quantitative estimate of drug-likeness (QED) is 0.579. The summed E-state index contributed by atoms with van der Waals surface area (Å²) >= 11 is 1.04. The SMILES string of the molecule is CC(=O)Sc1ncn[nH]1. The van der Waals surface area contributed by atoms with E-state index in [9.17, 15) is 4.79 Å². The van der Waals surface area contributed by atoms with Crippen LogP contribution >= 0.6 is 11.8 Å². The number of H-pyrrole nitrogens is 1. The molecule has 4 nitrogen and oxygen atoms in total. The van der Waals surface area contributed by atoms with Gasteiger partial charge < -0.3 is 0 Å². The summed E-state index contributed by atoms with van der Waals surface area (Å²) in [6.07, 6.45) is 1.37. The lowest BCUT2D eigenvalue weighted by Crippen LogP contribution is -1.82. The monoisotopic (exact) mass is 143 g/mol. The summed E-state index contributed by atoms with van der Waals surface area (Å²) in [5.41, 5.74) is 0. The first-order chi connectivity index (χ1) is 4.29. The third kappa shape index (κ3) is 1.85. The number of hydrogen-bond donors (Lipinski definition) is 1. The highest BCUT2D eigenvalue weighted by Gasteiger charge is 1.98. The fraction of sp³-hybridized carbons (Fsp3) is 0.250. The van der Waals surface area contributed by atoms with E-state index in [1.807, 2.05) is 0 Å². The third-order valence-electron chi connectivity index (χ3n) is 0.633. The van der Waals surface area contributed by atoms with Crippen LogP contribution in [0.25, 0.3) is 0 Å². The third-order valence-corrected chi connectivity index (χ3v) is 1.31. The Morgan fingerprint density at radius 2 is 2.67 bits per heavy atom. The fourth-order valence-electron chi connectivity index (χ4n) is 0.380. The zero-order chi connectivity index (χ0) is 6.69. The standard InChI is InChI=1S/C4H5N3OS/c1-3(8)9-4-5-2-6-7-4/h2H,1H3,(H,5,6,7). The first-order valence-corrected chi connectivity index (χ1v) is 3.14. The molecular formula is C4H5N3OS. The maximum absolute atomic E-state index is 10.4. The molecule has 0 amide bonds. The van der Waals surface area contributed by atoms with Gasteiger partial charge in [-0.3, -0.25) is 9.89 Å². The van der Waals surface area contributed by atoms with Crippen molar-refractivity contribution < 1.29 is 4.79 Å². The molecule has 0 fully saturated rings. The van der Waals surface area contributed by atoms with Crippen LogP contribution in [-0.4, -0.2) is 20.3 Å². The van der Waals surface area contributed by atoms with Crippen LogP contribution in [0.15, 0.2) is 11.5 Å². The second kappa shape index (κ2) is 2.63. The molecule has 48 valence electrons. The van der Waals surface area contributed by atoms with E-state index in [4.69, 9.17) is 0 Å². The van der Waals surface area contributed by atoms with Gasteiger partial charge in [-0.1, -0.05) is 0 Å². The molecule has 9 heavy (non-hydrogen) atoms. The van der Waals surface area contributed by atoms with E-state index in [1.54, 1.807) is 0 Å². The Hall–Kier alpha value is -0.840. The van der Waals surface area contributed by atoms with Crippen LogP contribution in [0.4, 0.5) is 0 Å². The smallest absolute Gasteiger partial charge is 0.193 e. The van der Waals surface area contributed by atoms with Crippen LogP contribution in [0.3, 0.4) is 0 Å². The van der Waals surface area contributed by atoms with Crippen molar-refractivity contribution in [1.82, 2.24) is 15.2 Å². The lowest BCUT2D eigenvalue weighted by Gasteiger charge is -1.84. The van der Waals surface area contributed by atoms with Gasteiger partial charge >= 0.3 is 0 Å². The number of thioether (sulfide) groups is 1. The van der Waals surface area contributed by atoms with Crippen LogP contribution in [0.5, 0.6) is 0 Å². The van der Waals surface area contributed by atoms with Crippen molar-refractivity contribution in [2.75, 3.05) is 0 Å². The molecule has 0 atom stereocenters. The summed E-state index contributed by atoms with van der Waals surface area (Å²) in [5.74, 6) is 0. The van der Waals surface area contributed by atoms with Crippen LogP contribution in [-0.2, 0) is 4.79 Å². The fourth-order valence-corrected chi connectivity index (χ4v) is 0.850. The molecule has 0 aliphatic carbocycles. The van der Waals surface area contributed by atoms with Gasteiger partial charge in [0.2, 0.25) is 0 Å². The van der Waals surface area contributed by atoms with Crippen LogP contribution in [0.1, 0.15) is 6.92 Å². The van der Waals surface area contributed by atoms with Crippen LogP contribution in [0, 0.1) is 0 Å². The minimum Gasteiger partial charge on any atom is -0.287 e. The second-order valence-electron chi connectivity index (χ2n) is 1.38. The molecule has 1 heterocycles. The lowest BCUT2D eigenvalue weighted by atomic mass is 10.9. The number of aromatic amines is 1. The molecule has 0 aliphatic heterocycles. The Kier molecular flexibility index (Phi) is 1.84. The molecule has 1 aromatic rings. The molecule has 0 saturated carbocycles. The summed E-state index contributed by atoms with van der Waals surface area (Å²) in [7, 11) is 0. The Bertz CT molecular complexity index is 196. The molecule has 0 spiro atoms. The first-order valence-electron chi connectivity index (χ1n) is 2.33. The largest absolute Gasteiger partial charge is 0.287 e. The van der Waals surface area contributed by atoms with E-state index >= 15 is 0 Å². The Labute approximate surface area is 56.1 Å². The average Bonchev–Trinajstić information content (AvgIpc) is 2.15. The minimum absolute atomic E-state index is 0.00625. The molecular weight excluding hydrogens is 138 g/mol. The second-order valence-corrected chi connectivity index (χ2v) is 2.55. The number of nitrogens with zero attached hydrogens (tertiary/aromatic N) is 2. The topological polar surface area (TPSA) is 58.6 Å². The summed E-state index contributed by atoms with van der Waals surface area (Å²) < 4.78 is 0. The Balaban J connectivity index is 2.58. The maximum Gasteiger partial charge on any atom is 0.193 e. The maximum atomic E-state index is 10.4. The van der Waals surface area contributed by atoms with Crippen LogP contribution < -0.4 is 0 Å². The van der Waals surface area contributed by atoms with Crippen LogP contribution in [0.2, 0.25) is 0 Å². The zero-order valence-electron chi connectivity index (χ0n) is 4.79. The zero-order valence-corrected chi connectivity index (χ0v) is 5.60. The van der Waals surface area contributed by atoms with E-state index in [-0.39, 0.29) is 5.12 Å². The molecule has 5 heteroatoms. The van der Waals surface area contributed by atoms with Gasteiger partial charge in [0, 0.05) is 6.92 Å². The molecule has 1 N–H and O–H groups in total. The van der Waals surface area contributed by atoms with Gasteiger partial charge in [-0.15, -0.1) is 0 Å². The van der Waals surface area contributed by atoms with Crippen molar-refractivity contribution in [3.05, 3.63) is 6.33 Å². The van der Waals surface area contributed by atoms with E-state index < -0.39 is 0 Å². The predicted octanol–water partition coefficient (Wildman–Crippen LogP) is 0.443. The molecule has 0 saturated heterocycles. The van der Waals surface area contributed by atoms with E-state index in [0.29, 0.717) is 5.16 Å². The highest BCUT2D eigenvalue weighted by Crippen LogP contribution is 2.09. The normalized spacial score (nSPS) is 9.44. The number of aromatic nitrogens is 3. The van der Waals surface area contributed by atoms with Gasteiger partial charge in [0.25, 0.3) is 0 Å².